The minimum Gasteiger partial charge on any atom is -0.488 e. The zero-order valence-corrected chi connectivity index (χ0v) is 14.3. The Morgan fingerprint density at radius 2 is 2.16 bits per heavy atom. The van der Waals surface area contributed by atoms with E-state index in [1.807, 2.05) is 36.4 Å². The number of para-hydroxylation sites is 1. The standard InChI is InChI=1S/C19H20N4O2/c1-3-14(4-2)18-22-16(10-20)19(25-18)23-21-11-13-9-15-7-5-6-8-17(15)24-12-13/h5-9,11,14,23H,3-4,12H2,1-2H3. The summed E-state index contributed by atoms with van der Waals surface area (Å²) in [6, 6.07) is 9.87. The topological polar surface area (TPSA) is 83.4 Å². The lowest BCUT2D eigenvalue weighted by molar-refractivity contribution is 0.353. The molecular formula is C19H20N4O2. The second-order valence-electron chi connectivity index (χ2n) is 5.77. The lowest BCUT2D eigenvalue weighted by Gasteiger charge is -2.15. The van der Waals surface area contributed by atoms with Gasteiger partial charge in [-0.3, -0.25) is 0 Å². The summed E-state index contributed by atoms with van der Waals surface area (Å²) in [4.78, 5) is 4.26. The molecule has 25 heavy (non-hydrogen) atoms. The van der Waals surface area contributed by atoms with Gasteiger partial charge in [-0.05, 0) is 25.0 Å². The number of ether oxygens (including phenoxy) is 1. The predicted molar refractivity (Wildman–Crippen MR) is 96.6 cm³/mol. The van der Waals surface area contributed by atoms with Gasteiger partial charge in [0.15, 0.2) is 0 Å². The number of nitriles is 1. The van der Waals surface area contributed by atoms with Gasteiger partial charge < -0.3 is 9.15 Å². The van der Waals surface area contributed by atoms with E-state index < -0.39 is 0 Å². The summed E-state index contributed by atoms with van der Waals surface area (Å²) >= 11 is 0. The Morgan fingerprint density at radius 3 is 2.92 bits per heavy atom. The molecule has 2 heterocycles. The van der Waals surface area contributed by atoms with Crippen molar-refractivity contribution in [2.45, 2.75) is 32.6 Å². The monoisotopic (exact) mass is 336 g/mol. The second kappa shape index (κ2) is 7.67. The van der Waals surface area contributed by atoms with Crippen LogP contribution in [0, 0.1) is 11.3 Å². The summed E-state index contributed by atoms with van der Waals surface area (Å²) in [6.07, 6.45) is 5.50. The van der Waals surface area contributed by atoms with Gasteiger partial charge in [-0.25, -0.2) is 10.4 Å². The van der Waals surface area contributed by atoms with Crippen molar-refractivity contribution in [3.8, 4) is 11.8 Å². The average molecular weight is 336 g/mol. The van der Waals surface area contributed by atoms with E-state index in [0.29, 0.717) is 12.5 Å². The van der Waals surface area contributed by atoms with Crippen LogP contribution in [0.2, 0.25) is 0 Å². The molecule has 3 rings (SSSR count). The van der Waals surface area contributed by atoms with Gasteiger partial charge in [0.05, 0.1) is 6.21 Å². The molecule has 0 radical (unpaired) electrons. The molecule has 0 unspecified atom stereocenters. The van der Waals surface area contributed by atoms with Crippen molar-refractivity contribution in [3.05, 3.63) is 47.0 Å². The molecule has 0 bridgehead atoms. The summed E-state index contributed by atoms with van der Waals surface area (Å²) in [7, 11) is 0. The van der Waals surface area contributed by atoms with Gasteiger partial charge in [0.1, 0.15) is 18.4 Å². The van der Waals surface area contributed by atoms with E-state index in [4.69, 9.17) is 9.15 Å². The van der Waals surface area contributed by atoms with Gasteiger partial charge in [0.2, 0.25) is 11.6 Å². The highest BCUT2D eigenvalue weighted by molar-refractivity contribution is 5.88. The van der Waals surface area contributed by atoms with Crippen LogP contribution < -0.4 is 10.2 Å². The van der Waals surface area contributed by atoms with Crippen LogP contribution in [0.15, 0.2) is 39.4 Å². The summed E-state index contributed by atoms with van der Waals surface area (Å²) in [6.45, 7) is 4.59. The Balaban J connectivity index is 1.73. The molecule has 0 saturated heterocycles. The van der Waals surface area contributed by atoms with Crippen molar-refractivity contribution >= 4 is 18.2 Å². The maximum absolute atomic E-state index is 9.22. The molecule has 128 valence electrons. The number of hydrogen-bond acceptors (Lipinski definition) is 6. The number of benzene rings is 1. The number of aromatic nitrogens is 1. The van der Waals surface area contributed by atoms with Crippen LogP contribution in [0.3, 0.4) is 0 Å². The number of oxazole rings is 1. The summed E-state index contributed by atoms with van der Waals surface area (Å²) in [5.74, 6) is 1.92. The first kappa shape index (κ1) is 16.8. The van der Waals surface area contributed by atoms with Crippen molar-refractivity contribution in [2.75, 3.05) is 12.0 Å². The van der Waals surface area contributed by atoms with E-state index in [1.165, 1.54) is 0 Å². The number of rotatable bonds is 6. The molecule has 0 fully saturated rings. The molecule has 1 aliphatic rings. The number of hydrazone groups is 1. The molecule has 2 aromatic rings. The predicted octanol–water partition coefficient (Wildman–Crippen LogP) is 4.32. The second-order valence-corrected chi connectivity index (χ2v) is 5.77. The Hall–Kier alpha value is -3.07. The molecular weight excluding hydrogens is 316 g/mol. The van der Waals surface area contributed by atoms with Crippen molar-refractivity contribution in [3.63, 3.8) is 0 Å². The lowest BCUT2D eigenvalue weighted by atomic mass is 10.0. The average Bonchev–Trinajstić information content (AvgIpc) is 3.05. The highest BCUT2D eigenvalue weighted by Crippen LogP contribution is 2.27. The molecule has 0 spiro atoms. The molecule has 1 aromatic carbocycles. The largest absolute Gasteiger partial charge is 0.488 e. The number of nitrogens with zero attached hydrogens (tertiary/aromatic N) is 3. The molecule has 0 aliphatic carbocycles. The Labute approximate surface area is 146 Å². The van der Waals surface area contributed by atoms with Gasteiger partial charge in [-0.15, -0.1) is 0 Å². The molecule has 6 nitrogen and oxygen atoms in total. The van der Waals surface area contributed by atoms with Crippen molar-refractivity contribution < 1.29 is 9.15 Å². The van der Waals surface area contributed by atoms with Crippen LogP contribution in [0.1, 0.15) is 49.8 Å². The first-order chi connectivity index (χ1) is 12.2. The van der Waals surface area contributed by atoms with Gasteiger partial charge in [0, 0.05) is 17.1 Å². The maximum Gasteiger partial charge on any atom is 0.252 e. The first-order valence-corrected chi connectivity index (χ1v) is 8.37. The molecule has 1 aromatic heterocycles. The van der Waals surface area contributed by atoms with E-state index in [9.17, 15) is 5.26 Å². The Morgan fingerprint density at radius 1 is 1.36 bits per heavy atom. The van der Waals surface area contributed by atoms with Crippen LogP contribution >= 0.6 is 0 Å². The van der Waals surface area contributed by atoms with Gasteiger partial charge in [-0.2, -0.15) is 10.4 Å². The summed E-state index contributed by atoms with van der Waals surface area (Å²) < 4.78 is 11.4. The van der Waals surface area contributed by atoms with E-state index in [2.05, 4.69) is 29.4 Å². The highest BCUT2D eigenvalue weighted by atomic mass is 16.5. The van der Waals surface area contributed by atoms with E-state index in [0.717, 1.165) is 29.7 Å². The van der Waals surface area contributed by atoms with Crippen LogP contribution in [-0.4, -0.2) is 17.8 Å². The first-order valence-electron chi connectivity index (χ1n) is 8.37. The minimum atomic E-state index is 0.206. The normalized spacial score (nSPS) is 13.3. The van der Waals surface area contributed by atoms with Crippen LogP contribution in [0.5, 0.6) is 5.75 Å². The quantitative estimate of drug-likeness (QED) is 0.627. The smallest absolute Gasteiger partial charge is 0.252 e. The number of fused-ring (bicyclic) bond motifs is 1. The zero-order chi connectivity index (χ0) is 17.6. The van der Waals surface area contributed by atoms with Gasteiger partial charge >= 0.3 is 0 Å². The zero-order valence-electron chi connectivity index (χ0n) is 14.3. The number of anilines is 1. The SMILES string of the molecule is CCC(CC)c1nc(C#N)c(NN=CC2=Cc3ccccc3OC2)o1. The fraction of sp³-hybridized carbons (Fsp3) is 0.316. The van der Waals surface area contributed by atoms with Crippen molar-refractivity contribution in [2.24, 2.45) is 5.10 Å². The lowest BCUT2D eigenvalue weighted by Crippen LogP contribution is -2.08. The van der Waals surface area contributed by atoms with Gasteiger partial charge in [-0.1, -0.05) is 32.0 Å². The highest BCUT2D eigenvalue weighted by Gasteiger charge is 2.18. The van der Waals surface area contributed by atoms with E-state index in [-0.39, 0.29) is 17.5 Å². The summed E-state index contributed by atoms with van der Waals surface area (Å²) in [5.41, 5.74) is 4.94. The molecule has 0 atom stereocenters. The summed E-state index contributed by atoms with van der Waals surface area (Å²) in [5, 5.41) is 13.4. The third-order valence-electron chi connectivity index (χ3n) is 4.14. The van der Waals surface area contributed by atoms with Crippen LogP contribution in [-0.2, 0) is 0 Å². The number of nitrogens with one attached hydrogen (secondary N) is 1. The van der Waals surface area contributed by atoms with Crippen LogP contribution in [0.4, 0.5) is 5.88 Å². The fourth-order valence-corrected chi connectivity index (χ4v) is 2.68. The molecule has 0 saturated carbocycles. The molecule has 1 N–H and O–H groups in total. The van der Waals surface area contributed by atoms with Gasteiger partial charge in [0.25, 0.3) is 5.88 Å². The fourth-order valence-electron chi connectivity index (χ4n) is 2.68. The molecule has 0 amide bonds. The third kappa shape index (κ3) is 3.72. The van der Waals surface area contributed by atoms with Crippen molar-refractivity contribution in [1.82, 2.24) is 4.98 Å². The molecule has 6 heteroatoms. The maximum atomic E-state index is 9.22. The Kier molecular flexibility index (Phi) is 5.14. The van der Waals surface area contributed by atoms with E-state index >= 15 is 0 Å². The molecule has 1 aliphatic heterocycles. The van der Waals surface area contributed by atoms with Crippen LogP contribution in [0.25, 0.3) is 6.08 Å². The number of hydrogen-bond donors (Lipinski definition) is 1. The van der Waals surface area contributed by atoms with E-state index in [1.54, 1.807) is 6.21 Å². The van der Waals surface area contributed by atoms with Crippen molar-refractivity contribution in [1.29, 1.82) is 5.26 Å². The third-order valence-corrected chi connectivity index (χ3v) is 4.14. The minimum absolute atomic E-state index is 0.206. The Bertz CT molecular complexity index is 841.